The molecule has 116 valence electrons. The number of rotatable bonds is 5. The van der Waals surface area contributed by atoms with Crippen LogP contribution in [-0.4, -0.2) is 37.2 Å². The van der Waals surface area contributed by atoms with E-state index in [0.717, 1.165) is 37.1 Å². The summed E-state index contributed by atoms with van der Waals surface area (Å²) in [5.41, 5.74) is 7.71. The Labute approximate surface area is 128 Å². The van der Waals surface area contributed by atoms with Gasteiger partial charge in [0.25, 0.3) is 0 Å². The molecule has 2 fully saturated rings. The highest BCUT2D eigenvalue weighted by Crippen LogP contribution is 2.36. The molecule has 0 radical (unpaired) electrons. The average molecular weight is 288 g/mol. The summed E-state index contributed by atoms with van der Waals surface area (Å²) in [7, 11) is 1.71. The van der Waals surface area contributed by atoms with Crippen molar-refractivity contribution in [3.63, 3.8) is 0 Å². The lowest BCUT2D eigenvalue weighted by atomic mass is 9.88. The number of benzene rings is 1. The first-order valence-electron chi connectivity index (χ1n) is 8.28. The van der Waals surface area contributed by atoms with Crippen molar-refractivity contribution in [1.29, 1.82) is 0 Å². The van der Waals surface area contributed by atoms with E-state index in [1.54, 1.807) is 7.11 Å². The number of hydrogen-bond donors (Lipinski definition) is 1. The Bertz CT molecular complexity index is 455. The monoisotopic (exact) mass is 288 g/mol. The van der Waals surface area contributed by atoms with Gasteiger partial charge in [-0.2, -0.15) is 0 Å². The van der Waals surface area contributed by atoms with Gasteiger partial charge in [-0.3, -0.25) is 4.90 Å². The molecule has 3 atom stereocenters. The maximum absolute atomic E-state index is 6.31. The summed E-state index contributed by atoms with van der Waals surface area (Å²) >= 11 is 0. The Kier molecular flexibility index (Phi) is 4.51. The van der Waals surface area contributed by atoms with Crippen molar-refractivity contribution in [2.45, 2.75) is 44.7 Å². The molecule has 3 unspecified atom stereocenters. The number of nitrogens with zero attached hydrogens (tertiary/aromatic N) is 1. The Morgan fingerprint density at radius 3 is 2.57 bits per heavy atom. The zero-order valence-electron chi connectivity index (χ0n) is 13.3. The zero-order valence-corrected chi connectivity index (χ0v) is 13.3. The molecule has 0 spiro atoms. The highest BCUT2D eigenvalue weighted by atomic mass is 16.5. The van der Waals surface area contributed by atoms with Crippen LogP contribution in [0.15, 0.2) is 24.3 Å². The van der Waals surface area contributed by atoms with Crippen molar-refractivity contribution >= 4 is 0 Å². The number of likely N-dealkylation sites (tertiary alicyclic amines) is 1. The summed E-state index contributed by atoms with van der Waals surface area (Å²) < 4.78 is 5.23. The van der Waals surface area contributed by atoms with Crippen LogP contribution in [0.5, 0.6) is 5.75 Å². The van der Waals surface area contributed by atoms with Crippen LogP contribution >= 0.6 is 0 Å². The summed E-state index contributed by atoms with van der Waals surface area (Å²) in [6.45, 7) is 4.67. The largest absolute Gasteiger partial charge is 0.497 e. The van der Waals surface area contributed by atoms with Crippen molar-refractivity contribution in [1.82, 2.24) is 4.90 Å². The van der Waals surface area contributed by atoms with Crippen LogP contribution in [0.25, 0.3) is 0 Å². The number of methoxy groups -OCH3 is 1. The zero-order chi connectivity index (χ0) is 14.8. The van der Waals surface area contributed by atoms with E-state index in [4.69, 9.17) is 10.5 Å². The minimum absolute atomic E-state index is 0.336. The van der Waals surface area contributed by atoms with Gasteiger partial charge in [-0.1, -0.05) is 12.1 Å². The van der Waals surface area contributed by atoms with Gasteiger partial charge in [0, 0.05) is 25.2 Å². The second-order valence-electron chi connectivity index (χ2n) is 6.95. The molecule has 0 bridgehead atoms. The molecule has 1 aromatic carbocycles. The van der Waals surface area contributed by atoms with Crippen molar-refractivity contribution in [3.05, 3.63) is 29.8 Å². The lowest BCUT2D eigenvalue weighted by Crippen LogP contribution is -2.51. The van der Waals surface area contributed by atoms with Crippen LogP contribution < -0.4 is 10.5 Å². The molecule has 1 saturated heterocycles. The van der Waals surface area contributed by atoms with Crippen LogP contribution in [0.4, 0.5) is 0 Å². The van der Waals surface area contributed by atoms with E-state index in [0.29, 0.717) is 12.0 Å². The molecule has 3 heteroatoms. The molecule has 0 amide bonds. The van der Waals surface area contributed by atoms with Crippen molar-refractivity contribution in [2.75, 3.05) is 20.2 Å². The van der Waals surface area contributed by atoms with Crippen LogP contribution in [0.2, 0.25) is 0 Å². The maximum Gasteiger partial charge on any atom is 0.118 e. The predicted octanol–water partition coefficient (Wildman–Crippen LogP) is 2.69. The molecule has 0 aromatic heterocycles. The van der Waals surface area contributed by atoms with Gasteiger partial charge in [-0.25, -0.2) is 0 Å². The molecular formula is C18H28N2O. The molecule has 1 aromatic rings. The van der Waals surface area contributed by atoms with Gasteiger partial charge in [0.2, 0.25) is 0 Å². The molecule has 1 aliphatic carbocycles. The van der Waals surface area contributed by atoms with E-state index in [-0.39, 0.29) is 0 Å². The lowest BCUT2D eigenvalue weighted by Gasteiger charge is -2.40. The molecule has 1 aliphatic heterocycles. The molecule has 21 heavy (non-hydrogen) atoms. The first-order valence-corrected chi connectivity index (χ1v) is 8.28. The number of nitrogens with two attached hydrogens (primary N) is 1. The van der Waals surface area contributed by atoms with E-state index in [9.17, 15) is 0 Å². The molecule has 1 heterocycles. The van der Waals surface area contributed by atoms with Crippen molar-refractivity contribution in [3.8, 4) is 5.75 Å². The lowest BCUT2D eigenvalue weighted by molar-refractivity contribution is 0.106. The van der Waals surface area contributed by atoms with Gasteiger partial charge in [-0.05, 0) is 62.1 Å². The molecule has 3 nitrogen and oxygen atoms in total. The molecule has 2 aliphatic rings. The fraction of sp³-hybridized carbons (Fsp3) is 0.667. The Morgan fingerprint density at radius 2 is 1.95 bits per heavy atom. The second-order valence-corrected chi connectivity index (χ2v) is 6.95. The number of ether oxygens (including phenoxy) is 1. The average Bonchev–Trinajstić information content (AvgIpc) is 3.31. The van der Waals surface area contributed by atoms with E-state index < -0.39 is 0 Å². The van der Waals surface area contributed by atoms with Crippen LogP contribution in [0.3, 0.4) is 0 Å². The van der Waals surface area contributed by atoms with Crippen LogP contribution in [0, 0.1) is 11.8 Å². The summed E-state index contributed by atoms with van der Waals surface area (Å²) in [4.78, 5) is 2.64. The highest BCUT2D eigenvalue weighted by Gasteiger charge is 2.35. The standard InChI is InChI=1S/C18H28N2O/c1-13(16-5-6-16)20-11-15(10-17(19)12-20)9-14-3-7-18(21-2)8-4-14/h3-4,7-8,13,15-17H,5-6,9-12,19H2,1-2H3. The quantitative estimate of drug-likeness (QED) is 0.905. The third-order valence-electron chi connectivity index (χ3n) is 5.16. The van der Waals surface area contributed by atoms with E-state index in [2.05, 4.69) is 36.1 Å². The number of hydrogen-bond acceptors (Lipinski definition) is 3. The second kappa shape index (κ2) is 6.37. The SMILES string of the molecule is COc1ccc(CC2CC(N)CN(C(C)C3CC3)C2)cc1. The first kappa shape index (κ1) is 14.9. The maximum atomic E-state index is 6.31. The van der Waals surface area contributed by atoms with Gasteiger partial charge in [-0.15, -0.1) is 0 Å². The third kappa shape index (κ3) is 3.78. The Morgan fingerprint density at radius 1 is 1.24 bits per heavy atom. The van der Waals surface area contributed by atoms with E-state index in [1.807, 2.05) is 0 Å². The minimum atomic E-state index is 0.336. The molecule has 3 rings (SSSR count). The van der Waals surface area contributed by atoms with Crippen LogP contribution in [-0.2, 0) is 6.42 Å². The predicted molar refractivity (Wildman–Crippen MR) is 86.5 cm³/mol. The smallest absolute Gasteiger partial charge is 0.118 e. The summed E-state index contributed by atoms with van der Waals surface area (Å²) in [6.07, 6.45) is 5.11. The van der Waals surface area contributed by atoms with Gasteiger partial charge in [0.15, 0.2) is 0 Å². The van der Waals surface area contributed by atoms with E-state index in [1.165, 1.54) is 24.9 Å². The summed E-state index contributed by atoms with van der Waals surface area (Å²) in [5, 5.41) is 0. The van der Waals surface area contributed by atoms with Gasteiger partial charge < -0.3 is 10.5 Å². The minimum Gasteiger partial charge on any atom is -0.497 e. The Hall–Kier alpha value is -1.06. The van der Waals surface area contributed by atoms with Gasteiger partial charge in [0.1, 0.15) is 5.75 Å². The molecule has 2 N–H and O–H groups in total. The number of piperidine rings is 1. The Balaban J connectivity index is 1.60. The van der Waals surface area contributed by atoms with Crippen LogP contribution in [0.1, 0.15) is 31.7 Å². The van der Waals surface area contributed by atoms with Crippen molar-refractivity contribution in [2.24, 2.45) is 17.6 Å². The fourth-order valence-corrected chi connectivity index (χ4v) is 3.74. The normalized spacial score (nSPS) is 28.3. The topological polar surface area (TPSA) is 38.5 Å². The fourth-order valence-electron chi connectivity index (χ4n) is 3.74. The summed E-state index contributed by atoms with van der Waals surface area (Å²) in [5.74, 6) is 2.54. The van der Waals surface area contributed by atoms with Gasteiger partial charge >= 0.3 is 0 Å². The highest BCUT2D eigenvalue weighted by molar-refractivity contribution is 5.27. The van der Waals surface area contributed by atoms with E-state index >= 15 is 0 Å². The first-order chi connectivity index (χ1) is 10.2. The molecule has 1 saturated carbocycles. The summed E-state index contributed by atoms with van der Waals surface area (Å²) in [6, 6.07) is 9.55. The third-order valence-corrected chi connectivity index (χ3v) is 5.16. The molecular weight excluding hydrogens is 260 g/mol. The van der Waals surface area contributed by atoms with Gasteiger partial charge in [0.05, 0.1) is 7.11 Å². The van der Waals surface area contributed by atoms with Crippen molar-refractivity contribution < 1.29 is 4.74 Å².